The Bertz CT molecular complexity index is 891. The number of morpholine rings is 1. The van der Waals surface area contributed by atoms with Crippen molar-refractivity contribution in [3.63, 3.8) is 0 Å². The number of ether oxygens (including phenoxy) is 1. The highest BCUT2D eigenvalue weighted by molar-refractivity contribution is 7.93. The summed E-state index contributed by atoms with van der Waals surface area (Å²) in [6.07, 6.45) is 3.31. The standard InChI is InChI=1S/C19H21N3O3S/c23-26(24)19-16(11-22(26)15-4-2-1-3-5-15)17-12-21(13-18(19)25-17)10-14-6-8-20-9-7-14/h1-9,16-19H,10-13H2/t16-,17+,18+,19+/m0/s1. The summed E-state index contributed by atoms with van der Waals surface area (Å²) in [4.78, 5) is 6.37. The molecule has 26 heavy (non-hydrogen) atoms. The fraction of sp³-hybridized carbons (Fsp3) is 0.421. The van der Waals surface area contributed by atoms with Crippen LogP contribution in [0.4, 0.5) is 5.69 Å². The molecule has 136 valence electrons. The molecule has 0 N–H and O–H groups in total. The van der Waals surface area contributed by atoms with E-state index in [-0.39, 0.29) is 18.1 Å². The number of fused-ring (bicyclic) bond motifs is 5. The highest BCUT2D eigenvalue weighted by Gasteiger charge is 2.60. The van der Waals surface area contributed by atoms with E-state index in [1.54, 1.807) is 16.7 Å². The first-order valence-electron chi connectivity index (χ1n) is 8.96. The lowest BCUT2D eigenvalue weighted by Crippen LogP contribution is -2.47. The molecule has 3 aliphatic heterocycles. The van der Waals surface area contributed by atoms with Crippen LogP contribution in [0.2, 0.25) is 0 Å². The normalized spacial score (nSPS) is 32.5. The number of rotatable bonds is 3. The van der Waals surface area contributed by atoms with E-state index >= 15 is 0 Å². The van der Waals surface area contributed by atoms with Crippen LogP contribution in [0.1, 0.15) is 5.56 Å². The summed E-state index contributed by atoms with van der Waals surface area (Å²) in [5.74, 6) is 0.0349. The summed E-state index contributed by atoms with van der Waals surface area (Å²) in [7, 11) is -3.40. The number of nitrogens with zero attached hydrogens (tertiary/aromatic N) is 3. The highest BCUT2D eigenvalue weighted by Crippen LogP contribution is 2.44. The molecule has 1 aromatic carbocycles. The third kappa shape index (κ3) is 2.53. The van der Waals surface area contributed by atoms with Gasteiger partial charge < -0.3 is 4.74 Å². The minimum Gasteiger partial charge on any atom is -0.370 e. The van der Waals surface area contributed by atoms with Gasteiger partial charge in [0.2, 0.25) is 10.0 Å². The molecule has 4 atom stereocenters. The Kier molecular flexibility index (Phi) is 3.77. The average molecular weight is 371 g/mol. The second-order valence-electron chi connectivity index (χ2n) is 7.30. The fourth-order valence-corrected chi connectivity index (χ4v) is 6.92. The van der Waals surface area contributed by atoms with Gasteiger partial charge in [0, 0.05) is 44.5 Å². The summed E-state index contributed by atoms with van der Waals surface area (Å²) in [5, 5.41) is -0.435. The van der Waals surface area contributed by atoms with Crippen LogP contribution >= 0.6 is 0 Å². The number of para-hydroxylation sites is 1. The third-order valence-corrected chi connectivity index (χ3v) is 8.03. The lowest BCUT2D eigenvalue weighted by molar-refractivity contribution is -0.0485. The van der Waals surface area contributed by atoms with Crippen LogP contribution in [0.5, 0.6) is 0 Å². The van der Waals surface area contributed by atoms with Crippen molar-refractivity contribution in [3.05, 3.63) is 60.4 Å². The van der Waals surface area contributed by atoms with Gasteiger partial charge in [-0.25, -0.2) is 8.42 Å². The van der Waals surface area contributed by atoms with Crippen molar-refractivity contribution in [2.45, 2.75) is 24.0 Å². The maximum Gasteiger partial charge on any atom is 0.241 e. The van der Waals surface area contributed by atoms with Crippen LogP contribution in [-0.2, 0) is 21.3 Å². The van der Waals surface area contributed by atoms with E-state index < -0.39 is 15.3 Å². The summed E-state index contributed by atoms with van der Waals surface area (Å²) in [6, 6.07) is 13.4. The van der Waals surface area contributed by atoms with Crippen molar-refractivity contribution < 1.29 is 13.2 Å². The first-order chi connectivity index (χ1) is 12.6. The number of pyridine rings is 1. The molecule has 3 aliphatic rings. The quantitative estimate of drug-likeness (QED) is 0.818. The van der Waals surface area contributed by atoms with Crippen LogP contribution in [0, 0.1) is 5.92 Å². The largest absolute Gasteiger partial charge is 0.370 e. The van der Waals surface area contributed by atoms with E-state index in [1.165, 1.54) is 5.56 Å². The van der Waals surface area contributed by atoms with E-state index in [0.717, 1.165) is 18.8 Å². The van der Waals surface area contributed by atoms with Crippen LogP contribution < -0.4 is 4.31 Å². The smallest absolute Gasteiger partial charge is 0.241 e. The summed E-state index contributed by atoms with van der Waals surface area (Å²) in [6.45, 7) is 2.75. The molecule has 0 radical (unpaired) electrons. The molecule has 5 rings (SSSR count). The first-order valence-corrected chi connectivity index (χ1v) is 10.5. The van der Waals surface area contributed by atoms with Crippen molar-refractivity contribution in [3.8, 4) is 0 Å². The maximum absolute atomic E-state index is 13.2. The number of anilines is 1. The lowest BCUT2D eigenvalue weighted by atomic mass is 10.00. The second kappa shape index (κ2) is 6.04. The molecular weight excluding hydrogens is 350 g/mol. The Labute approximate surface area is 153 Å². The molecule has 0 aliphatic carbocycles. The Morgan fingerprint density at radius 3 is 2.50 bits per heavy atom. The van der Waals surface area contributed by atoms with Crippen molar-refractivity contribution in [1.82, 2.24) is 9.88 Å². The average Bonchev–Trinajstić information content (AvgIpc) is 3.08. The van der Waals surface area contributed by atoms with Crippen LogP contribution in [0.15, 0.2) is 54.9 Å². The van der Waals surface area contributed by atoms with Crippen LogP contribution in [-0.4, -0.2) is 55.4 Å². The van der Waals surface area contributed by atoms with E-state index in [4.69, 9.17) is 4.74 Å². The maximum atomic E-state index is 13.2. The Hall–Kier alpha value is -1.96. The number of aromatic nitrogens is 1. The third-order valence-electron chi connectivity index (χ3n) is 5.72. The molecule has 2 aromatic rings. The number of sulfonamides is 1. The first kappa shape index (κ1) is 16.2. The van der Waals surface area contributed by atoms with Gasteiger partial charge in [-0.3, -0.25) is 14.2 Å². The number of benzene rings is 1. The molecule has 1 aromatic heterocycles. The molecular formula is C19H21N3O3S. The molecule has 0 spiro atoms. The Morgan fingerprint density at radius 2 is 1.73 bits per heavy atom. The van der Waals surface area contributed by atoms with E-state index in [9.17, 15) is 8.42 Å². The number of hydrogen-bond donors (Lipinski definition) is 0. The van der Waals surface area contributed by atoms with Gasteiger partial charge in [0.1, 0.15) is 5.25 Å². The molecule has 3 fully saturated rings. The predicted octanol–water partition coefficient (Wildman–Crippen LogP) is 1.50. The van der Waals surface area contributed by atoms with Gasteiger partial charge in [-0.15, -0.1) is 0 Å². The van der Waals surface area contributed by atoms with Crippen molar-refractivity contribution >= 4 is 15.7 Å². The van der Waals surface area contributed by atoms with Gasteiger partial charge >= 0.3 is 0 Å². The molecule has 0 saturated carbocycles. The molecule has 6 nitrogen and oxygen atoms in total. The van der Waals surface area contributed by atoms with Gasteiger partial charge in [-0.1, -0.05) is 18.2 Å². The SMILES string of the molecule is O=S1(=O)[C@@H]2[C@@H](CN1c1ccccc1)[C@H]1CN(Cc3ccncc3)C[C@H]2O1. The number of likely N-dealkylation sites (tertiary alicyclic amines) is 1. The number of hydrogen-bond acceptors (Lipinski definition) is 5. The van der Waals surface area contributed by atoms with E-state index in [2.05, 4.69) is 9.88 Å². The molecule has 0 unspecified atom stereocenters. The predicted molar refractivity (Wildman–Crippen MR) is 98.2 cm³/mol. The lowest BCUT2D eigenvalue weighted by Gasteiger charge is -2.34. The van der Waals surface area contributed by atoms with Gasteiger partial charge in [-0.2, -0.15) is 0 Å². The van der Waals surface area contributed by atoms with Crippen molar-refractivity contribution in [2.24, 2.45) is 5.92 Å². The van der Waals surface area contributed by atoms with Gasteiger partial charge in [0.25, 0.3) is 0 Å². The topological polar surface area (TPSA) is 62.7 Å². The second-order valence-corrected chi connectivity index (χ2v) is 9.32. The molecule has 3 saturated heterocycles. The zero-order valence-electron chi connectivity index (χ0n) is 14.3. The molecule has 7 heteroatoms. The summed E-state index contributed by atoms with van der Waals surface area (Å²) in [5.41, 5.74) is 1.95. The van der Waals surface area contributed by atoms with Gasteiger partial charge in [0.05, 0.1) is 17.9 Å². The Morgan fingerprint density at radius 1 is 1.00 bits per heavy atom. The minimum absolute atomic E-state index is 0.0240. The van der Waals surface area contributed by atoms with Gasteiger partial charge in [0.15, 0.2) is 0 Å². The van der Waals surface area contributed by atoms with Crippen molar-refractivity contribution in [1.29, 1.82) is 0 Å². The van der Waals surface area contributed by atoms with Gasteiger partial charge in [-0.05, 0) is 29.8 Å². The Balaban J connectivity index is 1.38. The van der Waals surface area contributed by atoms with Crippen molar-refractivity contribution in [2.75, 3.05) is 23.9 Å². The van der Waals surface area contributed by atoms with E-state index in [1.807, 2.05) is 42.5 Å². The molecule has 0 amide bonds. The zero-order chi connectivity index (χ0) is 17.7. The van der Waals surface area contributed by atoms with E-state index in [0.29, 0.717) is 13.1 Å². The summed E-state index contributed by atoms with van der Waals surface area (Å²) < 4.78 is 34.1. The summed E-state index contributed by atoms with van der Waals surface area (Å²) >= 11 is 0. The molecule has 4 heterocycles. The molecule has 2 bridgehead atoms. The fourth-order valence-electron chi connectivity index (χ4n) is 4.60. The minimum atomic E-state index is -3.40. The van der Waals surface area contributed by atoms with Crippen LogP contribution in [0.3, 0.4) is 0 Å². The van der Waals surface area contributed by atoms with Crippen LogP contribution in [0.25, 0.3) is 0 Å². The zero-order valence-corrected chi connectivity index (χ0v) is 15.1. The highest BCUT2D eigenvalue weighted by atomic mass is 32.2. The monoisotopic (exact) mass is 371 g/mol.